The van der Waals surface area contributed by atoms with Crippen molar-refractivity contribution in [2.75, 3.05) is 39.6 Å². The van der Waals surface area contributed by atoms with Crippen LogP contribution < -0.4 is 0 Å². The molecule has 0 amide bonds. The van der Waals surface area contributed by atoms with Crippen LogP contribution in [0.15, 0.2) is 0 Å². The molecule has 57 heavy (non-hydrogen) atoms. The summed E-state index contributed by atoms with van der Waals surface area (Å²) >= 11 is 0. The van der Waals surface area contributed by atoms with E-state index in [9.17, 15) is 9.90 Å². The number of unbranched alkanes of at least 4 members (excludes halogenated alkanes) is 16. The van der Waals surface area contributed by atoms with E-state index in [1.165, 1.54) is 135 Å². The molecule has 0 spiro atoms. The summed E-state index contributed by atoms with van der Waals surface area (Å²) in [6.07, 6.45) is 28.3. The smallest absolute Gasteiger partial charge is 0.192 e. The Balaban J connectivity index is -0.000000398. The Labute approximate surface area is 365 Å². The highest BCUT2D eigenvalue weighted by atomic mass is 31.1. The fourth-order valence-electron chi connectivity index (χ4n) is 6.15. The number of hydrogen-bond acceptors (Lipinski definition) is 5. The van der Waals surface area contributed by atoms with Gasteiger partial charge in [0, 0.05) is 19.1 Å². The van der Waals surface area contributed by atoms with Gasteiger partial charge in [-0.2, -0.15) is 0 Å². The van der Waals surface area contributed by atoms with Crippen LogP contribution in [-0.4, -0.2) is 84.2 Å². The number of carbonyl (C=O) groups is 1. The van der Waals surface area contributed by atoms with Crippen LogP contribution in [0.1, 0.15) is 224 Å². The minimum absolute atomic E-state index is 0.132. The molecule has 0 saturated heterocycles. The Kier molecular flexibility index (Phi) is 45.4. The van der Waals surface area contributed by atoms with Crippen LogP contribution in [0, 0.1) is 0 Å². The van der Waals surface area contributed by atoms with Gasteiger partial charge < -0.3 is 18.9 Å². The Morgan fingerprint density at radius 1 is 0.544 bits per heavy atom. The van der Waals surface area contributed by atoms with E-state index in [1.807, 2.05) is 0 Å². The van der Waals surface area contributed by atoms with E-state index in [0.717, 1.165) is 27.8 Å². The minimum atomic E-state index is -1.78. The van der Waals surface area contributed by atoms with E-state index in [1.54, 1.807) is 6.92 Å². The maximum atomic E-state index is 11.6. The predicted octanol–water partition coefficient (Wildman–Crippen LogP) is 16.2. The molecule has 1 N–H and O–H groups in total. The standard InChI is InChI=1S/C21H44O2Si.C20H44O2Si.C6H15N.C2H7P/c1-8-9-10-11-12-13-14-15-16-17-20(18-19(2)22)23-24(6,7)21(3,4)5;1-7-8-9-10-11-12-13-14-15-16-19(17-18-21)22-23(5,6)20(2,3)4;1-4-7(5-2)6-3;1-3-2/h20H,8-18H2,1-7H3;19,21H,7-18H2,1-6H3;4-6H2,1-3H3;3H,1-2H3/t20-;19-;;/m11../s1. The molecule has 0 aromatic carbocycles. The monoisotopic (exact) mass is 864 g/mol. The molecule has 0 unspecified atom stereocenters. The van der Waals surface area contributed by atoms with Crippen molar-refractivity contribution in [3.8, 4) is 0 Å². The Bertz CT molecular complexity index is 835. The van der Waals surface area contributed by atoms with Crippen molar-refractivity contribution in [1.82, 2.24) is 4.90 Å². The van der Waals surface area contributed by atoms with Crippen LogP contribution in [0.3, 0.4) is 0 Å². The molecular weight excluding hydrogens is 754 g/mol. The van der Waals surface area contributed by atoms with E-state index in [-0.39, 0.29) is 34.7 Å². The first-order valence-corrected chi connectivity index (χ1v) is 32.2. The normalized spacial score (nSPS) is 13.2. The number of aliphatic hydroxyl groups is 1. The molecule has 348 valence electrons. The lowest BCUT2D eigenvalue weighted by Gasteiger charge is -2.39. The molecular formula is C49H110NO4PSi2. The van der Waals surface area contributed by atoms with Gasteiger partial charge in [-0.15, -0.1) is 8.58 Å². The molecule has 0 aromatic rings. The number of aliphatic hydroxyl groups excluding tert-OH is 1. The first-order chi connectivity index (χ1) is 26.6. The van der Waals surface area contributed by atoms with Crippen LogP contribution >= 0.6 is 8.58 Å². The van der Waals surface area contributed by atoms with Crippen LogP contribution in [-0.2, 0) is 13.6 Å². The van der Waals surface area contributed by atoms with Gasteiger partial charge in [0.1, 0.15) is 5.78 Å². The molecule has 0 aliphatic heterocycles. The van der Waals surface area contributed by atoms with Crippen LogP contribution in [0.2, 0.25) is 36.3 Å². The number of hydrogen-bond donors (Lipinski definition) is 1. The summed E-state index contributed by atoms with van der Waals surface area (Å²) in [6, 6.07) is 0. The summed E-state index contributed by atoms with van der Waals surface area (Å²) in [5, 5.41) is 9.77. The van der Waals surface area contributed by atoms with Crippen molar-refractivity contribution in [3.05, 3.63) is 0 Å². The zero-order valence-electron chi connectivity index (χ0n) is 42.7. The van der Waals surface area contributed by atoms with Crippen LogP contribution in [0.4, 0.5) is 0 Å². The van der Waals surface area contributed by atoms with Gasteiger partial charge in [0.25, 0.3) is 0 Å². The van der Waals surface area contributed by atoms with E-state index in [4.69, 9.17) is 8.85 Å². The second kappa shape index (κ2) is 40.4. The highest BCUT2D eigenvalue weighted by molar-refractivity contribution is 7.35. The molecule has 0 aliphatic rings. The van der Waals surface area contributed by atoms with Gasteiger partial charge in [-0.05, 0) is 95.4 Å². The summed E-state index contributed by atoms with van der Waals surface area (Å²) in [4.78, 5) is 14.0. The van der Waals surface area contributed by atoms with Gasteiger partial charge in [0.2, 0.25) is 0 Å². The molecule has 0 heterocycles. The Morgan fingerprint density at radius 3 is 1.07 bits per heavy atom. The van der Waals surface area contributed by atoms with E-state index >= 15 is 0 Å². The van der Waals surface area contributed by atoms with Gasteiger partial charge >= 0.3 is 0 Å². The van der Waals surface area contributed by atoms with Gasteiger partial charge in [-0.3, -0.25) is 4.79 Å². The minimum Gasteiger partial charge on any atom is -0.414 e. The lowest BCUT2D eigenvalue weighted by Crippen LogP contribution is -2.44. The van der Waals surface area contributed by atoms with Crippen LogP contribution in [0.5, 0.6) is 0 Å². The van der Waals surface area contributed by atoms with Crippen molar-refractivity contribution < 1.29 is 18.8 Å². The van der Waals surface area contributed by atoms with Gasteiger partial charge in [0.15, 0.2) is 16.6 Å². The molecule has 0 rings (SSSR count). The Hall–Kier alpha value is 0.374. The largest absolute Gasteiger partial charge is 0.414 e. The molecule has 0 radical (unpaired) electrons. The van der Waals surface area contributed by atoms with Crippen molar-refractivity contribution in [3.63, 3.8) is 0 Å². The first kappa shape index (κ1) is 64.0. The third kappa shape index (κ3) is 41.5. The van der Waals surface area contributed by atoms with E-state index in [0.29, 0.717) is 6.42 Å². The zero-order valence-corrected chi connectivity index (χ0v) is 45.7. The van der Waals surface area contributed by atoms with E-state index < -0.39 is 16.6 Å². The second-order valence-corrected chi connectivity index (χ2v) is 30.3. The second-order valence-electron chi connectivity index (χ2n) is 19.8. The summed E-state index contributed by atoms with van der Waals surface area (Å²) in [6.45, 7) is 43.8. The summed E-state index contributed by atoms with van der Waals surface area (Å²) in [7, 11) is -2.41. The molecule has 5 nitrogen and oxygen atoms in total. The maximum Gasteiger partial charge on any atom is 0.192 e. The van der Waals surface area contributed by atoms with Crippen molar-refractivity contribution in [2.45, 2.75) is 273 Å². The maximum absolute atomic E-state index is 11.6. The summed E-state index contributed by atoms with van der Waals surface area (Å²) in [5.74, 6) is 0.259. The topological polar surface area (TPSA) is 59.0 Å². The fraction of sp³-hybridized carbons (Fsp3) is 0.980. The highest BCUT2D eigenvalue weighted by Crippen LogP contribution is 2.39. The van der Waals surface area contributed by atoms with Gasteiger partial charge in [0.05, 0.1) is 6.10 Å². The molecule has 0 aromatic heterocycles. The van der Waals surface area contributed by atoms with E-state index in [2.05, 4.69) is 121 Å². The van der Waals surface area contributed by atoms with Crippen molar-refractivity contribution >= 4 is 31.0 Å². The third-order valence-corrected chi connectivity index (χ3v) is 21.2. The third-order valence-electron chi connectivity index (χ3n) is 12.1. The first-order valence-electron chi connectivity index (χ1n) is 24.4. The van der Waals surface area contributed by atoms with Crippen molar-refractivity contribution in [1.29, 1.82) is 0 Å². The molecule has 0 bridgehead atoms. The van der Waals surface area contributed by atoms with Gasteiger partial charge in [-0.25, -0.2) is 0 Å². The lowest BCUT2D eigenvalue weighted by molar-refractivity contribution is -0.118. The molecule has 0 aliphatic carbocycles. The molecule has 0 fully saturated rings. The number of carbonyl (C=O) groups excluding carboxylic acids is 1. The average molecular weight is 865 g/mol. The number of rotatable bonds is 31. The van der Waals surface area contributed by atoms with Crippen molar-refractivity contribution in [2.24, 2.45) is 0 Å². The quantitative estimate of drug-likeness (QED) is 0.0427. The Morgan fingerprint density at radius 2 is 0.825 bits per heavy atom. The lowest BCUT2D eigenvalue weighted by atomic mass is 10.0. The fourth-order valence-corrected chi connectivity index (χ4v) is 8.96. The predicted molar refractivity (Wildman–Crippen MR) is 268 cm³/mol. The SMILES string of the molecule is CCCCCCCCCCC[C@H](CC(C)=O)O[Si](C)(C)C(C)(C)C.CCCCCCCCCCC[C@H](CCO)O[Si](C)(C)C(C)(C)C.CCN(CC)CC.CPC. The average Bonchev–Trinajstić information content (AvgIpc) is 3.10. The number of ketones is 1. The zero-order chi connectivity index (χ0) is 44.8. The molecule has 8 heteroatoms. The van der Waals surface area contributed by atoms with Gasteiger partial charge in [-0.1, -0.05) is 192 Å². The highest BCUT2D eigenvalue weighted by Gasteiger charge is 2.40. The summed E-state index contributed by atoms with van der Waals surface area (Å²) in [5.41, 5.74) is 0. The molecule has 0 saturated carbocycles. The number of Topliss-reactive ketones (excluding diaryl/α,β-unsaturated/α-hetero) is 1. The summed E-state index contributed by atoms with van der Waals surface area (Å²) < 4.78 is 13.0. The molecule has 2 atom stereocenters. The number of nitrogens with zero attached hydrogens (tertiary/aromatic N) is 1. The van der Waals surface area contributed by atoms with Crippen LogP contribution in [0.25, 0.3) is 0 Å².